The van der Waals surface area contributed by atoms with Crippen molar-refractivity contribution in [1.29, 1.82) is 0 Å². The van der Waals surface area contributed by atoms with Gasteiger partial charge in [-0.2, -0.15) is 0 Å². The van der Waals surface area contributed by atoms with Crippen molar-refractivity contribution in [3.63, 3.8) is 0 Å². The summed E-state index contributed by atoms with van der Waals surface area (Å²) in [6, 6.07) is 0.133. The Bertz CT molecular complexity index is 252. The highest BCUT2D eigenvalue weighted by Gasteiger charge is 2.31. The van der Waals surface area contributed by atoms with Gasteiger partial charge < -0.3 is 11.5 Å². The molecule has 0 aromatic carbocycles. The van der Waals surface area contributed by atoms with Crippen molar-refractivity contribution in [2.75, 3.05) is 19.6 Å². The number of carbonyl (C=O) groups is 1. The molecular weight excluding hydrogens is 214 g/mol. The molecule has 0 spiro atoms. The number of nitrogens with zero attached hydrogens (tertiary/aromatic N) is 1. The normalized spacial score (nSPS) is 21.4. The maximum absolute atomic E-state index is 11.0. The van der Waals surface area contributed by atoms with E-state index in [-0.39, 0.29) is 11.9 Å². The van der Waals surface area contributed by atoms with Crippen LogP contribution < -0.4 is 11.5 Å². The van der Waals surface area contributed by atoms with E-state index in [4.69, 9.17) is 11.5 Å². The van der Waals surface area contributed by atoms with Crippen LogP contribution in [0.5, 0.6) is 0 Å². The third-order valence-corrected chi connectivity index (χ3v) is 3.98. The summed E-state index contributed by atoms with van der Waals surface area (Å²) in [5.74, 6) is 0.518. The van der Waals surface area contributed by atoms with Crippen molar-refractivity contribution in [3.05, 3.63) is 0 Å². The van der Waals surface area contributed by atoms with E-state index in [2.05, 4.69) is 25.7 Å². The van der Waals surface area contributed by atoms with Crippen molar-refractivity contribution in [3.8, 4) is 0 Å². The van der Waals surface area contributed by atoms with Gasteiger partial charge in [-0.05, 0) is 37.3 Å². The highest BCUT2D eigenvalue weighted by Crippen LogP contribution is 2.34. The molecule has 1 atom stereocenters. The third-order valence-electron chi connectivity index (χ3n) is 3.98. The maximum atomic E-state index is 11.0. The predicted molar refractivity (Wildman–Crippen MR) is 70.4 cm³/mol. The minimum atomic E-state index is -0.251. The van der Waals surface area contributed by atoms with Crippen LogP contribution in [0.4, 0.5) is 0 Å². The standard InChI is InChI=1S/C13H27N3O/c1-13(2,3)10-4-6-16(7-5-10)11(9-14)8-12(15)17/h10-11H,4-9,14H2,1-3H3,(H2,15,17). The summed E-state index contributed by atoms with van der Waals surface area (Å²) in [6.07, 6.45) is 2.77. The molecule has 4 nitrogen and oxygen atoms in total. The number of amides is 1. The minimum absolute atomic E-state index is 0.133. The van der Waals surface area contributed by atoms with Gasteiger partial charge in [0.1, 0.15) is 0 Å². The van der Waals surface area contributed by atoms with E-state index in [0.717, 1.165) is 19.0 Å². The largest absolute Gasteiger partial charge is 0.370 e. The molecule has 1 aliphatic heterocycles. The molecule has 0 radical (unpaired) electrons. The SMILES string of the molecule is CC(C)(C)C1CCN(C(CN)CC(N)=O)CC1. The third kappa shape index (κ3) is 4.28. The molecule has 1 aliphatic rings. The molecule has 1 rings (SSSR count). The van der Waals surface area contributed by atoms with E-state index in [1.807, 2.05) is 0 Å². The number of nitrogens with two attached hydrogens (primary N) is 2. The van der Waals surface area contributed by atoms with Crippen molar-refractivity contribution in [2.45, 2.75) is 46.1 Å². The second-order valence-corrected chi connectivity index (χ2v) is 6.24. The fourth-order valence-corrected chi connectivity index (χ4v) is 2.72. The van der Waals surface area contributed by atoms with E-state index < -0.39 is 0 Å². The summed E-state index contributed by atoms with van der Waals surface area (Å²) in [5.41, 5.74) is 11.4. The van der Waals surface area contributed by atoms with Crippen LogP contribution in [0, 0.1) is 11.3 Å². The van der Waals surface area contributed by atoms with Gasteiger partial charge in [0.2, 0.25) is 5.91 Å². The molecule has 17 heavy (non-hydrogen) atoms. The Morgan fingerprint density at radius 2 is 1.88 bits per heavy atom. The van der Waals surface area contributed by atoms with Gasteiger partial charge in [-0.15, -0.1) is 0 Å². The van der Waals surface area contributed by atoms with Gasteiger partial charge in [-0.3, -0.25) is 9.69 Å². The van der Waals surface area contributed by atoms with Gasteiger partial charge in [0.15, 0.2) is 0 Å². The van der Waals surface area contributed by atoms with E-state index in [9.17, 15) is 4.79 Å². The van der Waals surface area contributed by atoms with Crippen molar-refractivity contribution in [1.82, 2.24) is 4.90 Å². The van der Waals surface area contributed by atoms with Crippen molar-refractivity contribution >= 4 is 5.91 Å². The van der Waals surface area contributed by atoms with Crippen LogP contribution in [0.2, 0.25) is 0 Å². The lowest BCUT2D eigenvalue weighted by Crippen LogP contribution is -2.48. The van der Waals surface area contributed by atoms with Crippen LogP contribution in [-0.2, 0) is 4.79 Å². The molecular formula is C13H27N3O. The summed E-state index contributed by atoms with van der Waals surface area (Å²) in [5, 5.41) is 0. The van der Waals surface area contributed by atoms with Crippen LogP contribution in [-0.4, -0.2) is 36.5 Å². The first-order valence-electron chi connectivity index (χ1n) is 6.57. The summed E-state index contributed by atoms with van der Waals surface area (Å²) in [4.78, 5) is 13.3. The average Bonchev–Trinajstić information content (AvgIpc) is 2.24. The Morgan fingerprint density at radius 3 is 2.24 bits per heavy atom. The van der Waals surface area contributed by atoms with Crippen molar-refractivity contribution < 1.29 is 4.79 Å². The Kier molecular flexibility index (Phi) is 4.95. The first-order valence-corrected chi connectivity index (χ1v) is 6.57. The lowest BCUT2D eigenvalue weighted by atomic mass is 9.75. The van der Waals surface area contributed by atoms with Gasteiger partial charge >= 0.3 is 0 Å². The van der Waals surface area contributed by atoms with Crippen LogP contribution >= 0.6 is 0 Å². The number of likely N-dealkylation sites (tertiary alicyclic amines) is 1. The molecule has 0 aromatic heterocycles. The fourth-order valence-electron chi connectivity index (χ4n) is 2.72. The number of carbonyl (C=O) groups excluding carboxylic acids is 1. The van der Waals surface area contributed by atoms with Crippen LogP contribution in [0.25, 0.3) is 0 Å². The Balaban J connectivity index is 2.47. The van der Waals surface area contributed by atoms with Gasteiger partial charge in [0.25, 0.3) is 0 Å². The van der Waals surface area contributed by atoms with Gasteiger partial charge in [0, 0.05) is 19.0 Å². The molecule has 1 saturated heterocycles. The molecule has 0 aliphatic carbocycles. The highest BCUT2D eigenvalue weighted by atomic mass is 16.1. The van der Waals surface area contributed by atoms with E-state index in [1.54, 1.807) is 0 Å². The lowest BCUT2D eigenvalue weighted by Gasteiger charge is -2.41. The predicted octanol–water partition coefficient (Wildman–Crippen LogP) is 0.947. The fraction of sp³-hybridized carbons (Fsp3) is 0.923. The highest BCUT2D eigenvalue weighted by molar-refractivity contribution is 5.74. The van der Waals surface area contributed by atoms with E-state index in [0.29, 0.717) is 18.4 Å². The summed E-state index contributed by atoms with van der Waals surface area (Å²) >= 11 is 0. The summed E-state index contributed by atoms with van der Waals surface area (Å²) in [7, 11) is 0. The Morgan fingerprint density at radius 1 is 1.35 bits per heavy atom. The zero-order chi connectivity index (χ0) is 13.1. The van der Waals surface area contributed by atoms with Crippen LogP contribution in [0.15, 0.2) is 0 Å². The Labute approximate surface area is 105 Å². The molecule has 1 heterocycles. The molecule has 100 valence electrons. The first-order chi connectivity index (χ1) is 7.84. The number of hydrogen-bond donors (Lipinski definition) is 2. The average molecular weight is 241 g/mol. The second-order valence-electron chi connectivity index (χ2n) is 6.24. The number of rotatable bonds is 4. The lowest BCUT2D eigenvalue weighted by molar-refractivity contribution is -0.119. The molecule has 0 aromatic rings. The minimum Gasteiger partial charge on any atom is -0.370 e. The van der Waals surface area contributed by atoms with E-state index in [1.165, 1.54) is 12.8 Å². The summed E-state index contributed by atoms with van der Waals surface area (Å²) < 4.78 is 0. The van der Waals surface area contributed by atoms with Crippen LogP contribution in [0.1, 0.15) is 40.0 Å². The van der Waals surface area contributed by atoms with E-state index >= 15 is 0 Å². The molecule has 0 bridgehead atoms. The number of hydrogen-bond acceptors (Lipinski definition) is 3. The maximum Gasteiger partial charge on any atom is 0.219 e. The number of piperidine rings is 1. The smallest absolute Gasteiger partial charge is 0.219 e. The van der Waals surface area contributed by atoms with Gasteiger partial charge in [-0.25, -0.2) is 0 Å². The molecule has 4 heteroatoms. The van der Waals surface area contributed by atoms with Crippen molar-refractivity contribution in [2.24, 2.45) is 22.8 Å². The monoisotopic (exact) mass is 241 g/mol. The zero-order valence-corrected chi connectivity index (χ0v) is 11.4. The second kappa shape index (κ2) is 5.83. The molecule has 4 N–H and O–H groups in total. The first kappa shape index (κ1) is 14.5. The quantitative estimate of drug-likeness (QED) is 0.769. The zero-order valence-electron chi connectivity index (χ0n) is 11.4. The summed E-state index contributed by atoms with van der Waals surface area (Å²) in [6.45, 7) is 9.50. The molecule has 1 amide bonds. The van der Waals surface area contributed by atoms with Gasteiger partial charge in [-0.1, -0.05) is 20.8 Å². The van der Waals surface area contributed by atoms with Gasteiger partial charge in [0.05, 0.1) is 0 Å². The van der Waals surface area contributed by atoms with Crippen LogP contribution in [0.3, 0.4) is 0 Å². The molecule has 1 fully saturated rings. The molecule has 0 saturated carbocycles. The topological polar surface area (TPSA) is 72.3 Å². The molecule has 1 unspecified atom stereocenters. The number of primary amides is 1. The Hall–Kier alpha value is -0.610.